The number of hydrogen-bond acceptors (Lipinski definition) is 5. The van der Waals surface area contributed by atoms with E-state index >= 15 is 0 Å². The van der Waals surface area contributed by atoms with Gasteiger partial charge in [-0.15, -0.1) is 0 Å². The predicted molar refractivity (Wildman–Crippen MR) is 115 cm³/mol. The molecule has 1 aliphatic carbocycles. The zero-order chi connectivity index (χ0) is 24.4. The molecule has 1 atom stereocenters. The van der Waals surface area contributed by atoms with Gasteiger partial charge < -0.3 is 19.1 Å². The number of carbonyl (C=O) groups is 2. The fraction of sp³-hybridized carbons (Fsp3) is 0.667. The van der Waals surface area contributed by atoms with Crippen LogP contribution < -0.4 is 4.74 Å². The quantitative estimate of drug-likeness (QED) is 0.528. The van der Waals surface area contributed by atoms with Crippen LogP contribution in [0.15, 0.2) is 18.2 Å². The number of ether oxygens (including phenoxy) is 3. The summed E-state index contributed by atoms with van der Waals surface area (Å²) in [5.41, 5.74) is 0.455. The molecule has 0 N–H and O–H groups in total. The highest BCUT2D eigenvalue weighted by molar-refractivity contribution is 5.89. The summed E-state index contributed by atoms with van der Waals surface area (Å²) in [4.78, 5) is 26.0. The van der Waals surface area contributed by atoms with Gasteiger partial charge in [0.1, 0.15) is 17.5 Å². The van der Waals surface area contributed by atoms with Gasteiger partial charge in [0, 0.05) is 13.0 Å². The molecule has 1 aromatic carbocycles. The average molecular weight is 472 g/mol. The van der Waals surface area contributed by atoms with Crippen molar-refractivity contribution in [3.8, 4) is 5.75 Å². The molecule has 33 heavy (non-hydrogen) atoms. The van der Waals surface area contributed by atoms with Crippen molar-refractivity contribution in [3.05, 3.63) is 29.3 Å². The number of hydrogen-bond donors (Lipinski definition) is 0. The molecule has 9 heteroatoms. The van der Waals surface area contributed by atoms with E-state index < -0.39 is 29.8 Å². The molecular weight excluding hydrogens is 439 g/mol. The Morgan fingerprint density at radius 3 is 2.27 bits per heavy atom. The fourth-order valence-corrected chi connectivity index (χ4v) is 4.45. The number of alkyl halides is 3. The van der Waals surface area contributed by atoms with Gasteiger partial charge in [0.25, 0.3) is 0 Å². The summed E-state index contributed by atoms with van der Waals surface area (Å²) in [6, 6.07) is 4.93. The van der Waals surface area contributed by atoms with E-state index in [1.54, 1.807) is 43.9 Å². The zero-order valence-corrected chi connectivity index (χ0v) is 19.5. The van der Waals surface area contributed by atoms with E-state index in [1.807, 2.05) is 0 Å². The lowest BCUT2D eigenvalue weighted by atomic mass is 9.78. The van der Waals surface area contributed by atoms with Crippen molar-refractivity contribution in [3.63, 3.8) is 0 Å². The van der Waals surface area contributed by atoms with Crippen LogP contribution in [0.1, 0.15) is 74.7 Å². The highest BCUT2D eigenvalue weighted by Gasteiger charge is 2.42. The molecular formula is C24H32F3NO5. The normalized spacial score (nSPS) is 23.8. The van der Waals surface area contributed by atoms with Gasteiger partial charge in [0.15, 0.2) is 0 Å². The number of benzene rings is 1. The van der Waals surface area contributed by atoms with Gasteiger partial charge in [-0.25, -0.2) is 9.59 Å². The smallest absolute Gasteiger partial charge is 0.410 e. The molecule has 1 aliphatic heterocycles. The van der Waals surface area contributed by atoms with Crippen LogP contribution in [0.4, 0.5) is 18.0 Å². The average Bonchev–Trinajstić information content (AvgIpc) is 3.20. The Bertz CT molecular complexity index is 857. The third-order valence-electron chi connectivity index (χ3n) is 6.15. The minimum absolute atomic E-state index is 0.0475. The lowest BCUT2D eigenvalue weighted by Gasteiger charge is -2.31. The van der Waals surface area contributed by atoms with Crippen LogP contribution in [0.25, 0.3) is 0 Å². The molecule has 2 aliphatic rings. The molecule has 3 rings (SSSR count). The van der Waals surface area contributed by atoms with E-state index in [-0.39, 0.29) is 24.9 Å². The standard InChI is InChI=1S/C24H32F3NO5/c1-23(2,3)33-22(30)28-12-11-18(14-28)32-20-10-7-16(21(29)31-4)13-19(20)15-5-8-17(9-6-15)24(25,26)27/h7,10,13,15,17-18H,5-6,8-9,11-12,14H2,1-4H3/t15?,17?,18-/m0/s1. The monoisotopic (exact) mass is 471 g/mol. The Balaban J connectivity index is 1.74. The van der Waals surface area contributed by atoms with E-state index in [2.05, 4.69) is 0 Å². The number of halogens is 3. The van der Waals surface area contributed by atoms with Crippen LogP contribution in [-0.2, 0) is 9.47 Å². The van der Waals surface area contributed by atoms with Crippen molar-refractivity contribution in [2.45, 2.75) is 76.7 Å². The van der Waals surface area contributed by atoms with Crippen LogP contribution in [0.5, 0.6) is 5.75 Å². The van der Waals surface area contributed by atoms with Crippen LogP contribution in [0.2, 0.25) is 0 Å². The van der Waals surface area contributed by atoms with Crippen molar-refractivity contribution in [1.29, 1.82) is 0 Å². The number of methoxy groups -OCH3 is 1. The molecule has 0 bridgehead atoms. The number of amides is 1. The van der Waals surface area contributed by atoms with Gasteiger partial charge in [0.05, 0.1) is 25.1 Å². The first-order chi connectivity index (χ1) is 15.4. The van der Waals surface area contributed by atoms with Gasteiger partial charge in [0.2, 0.25) is 0 Å². The van der Waals surface area contributed by atoms with Gasteiger partial charge in [-0.05, 0) is 76.1 Å². The summed E-state index contributed by atoms with van der Waals surface area (Å²) in [5.74, 6) is -1.41. The first kappa shape index (κ1) is 25.2. The molecule has 6 nitrogen and oxygen atoms in total. The van der Waals surface area contributed by atoms with Crippen LogP contribution in [0, 0.1) is 5.92 Å². The second-order valence-electron chi connectivity index (χ2n) is 9.79. The number of nitrogens with zero attached hydrogens (tertiary/aromatic N) is 1. The topological polar surface area (TPSA) is 65.1 Å². The summed E-state index contributed by atoms with van der Waals surface area (Å²) < 4.78 is 55.8. The van der Waals surface area contributed by atoms with Crippen molar-refractivity contribution >= 4 is 12.1 Å². The van der Waals surface area contributed by atoms with Gasteiger partial charge >= 0.3 is 18.2 Å². The minimum atomic E-state index is -4.19. The number of rotatable bonds is 4. The molecule has 1 heterocycles. The predicted octanol–water partition coefficient (Wildman–Crippen LogP) is 5.70. The van der Waals surface area contributed by atoms with Gasteiger partial charge in [-0.1, -0.05) is 0 Å². The first-order valence-electron chi connectivity index (χ1n) is 11.3. The molecule has 1 saturated carbocycles. The number of carbonyl (C=O) groups excluding carboxylic acids is 2. The summed E-state index contributed by atoms with van der Waals surface area (Å²) in [6.45, 7) is 6.26. The van der Waals surface area contributed by atoms with Crippen LogP contribution >= 0.6 is 0 Å². The molecule has 184 valence electrons. The maximum absolute atomic E-state index is 13.1. The summed E-state index contributed by atoms with van der Waals surface area (Å²) in [6.07, 6.45) is -3.43. The summed E-state index contributed by atoms with van der Waals surface area (Å²) in [5, 5.41) is 0. The second kappa shape index (κ2) is 9.81. The molecule has 0 aromatic heterocycles. The number of likely N-dealkylation sites (tertiary alicyclic amines) is 1. The molecule has 0 unspecified atom stereocenters. The minimum Gasteiger partial charge on any atom is -0.488 e. The molecule has 0 spiro atoms. The van der Waals surface area contributed by atoms with E-state index in [1.165, 1.54) is 7.11 Å². The zero-order valence-electron chi connectivity index (χ0n) is 19.5. The molecule has 1 aromatic rings. The third kappa shape index (κ3) is 6.54. The van der Waals surface area contributed by atoms with Crippen LogP contribution in [0.3, 0.4) is 0 Å². The van der Waals surface area contributed by atoms with Crippen molar-refractivity contribution in [2.75, 3.05) is 20.2 Å². The van der Waals surface area contributed by atoms with E-state index in [0.717, 1.165) is 0 Å². The highest BCUT2D eigenvalue weighted by atomic mass is 19.4. The Kier molecular flexibility index (Phi) is 7.49. The summed E-state index contributed by atoms with van der Waals surface area (Å²) >= 11 is 0. The Labute approximate surface area is 192 Å². The first-order valence-corrected chi connectivity index (χ1v) is 11.3. The SMILES string of the molecule is COC(=O)c1ccc(O[C@H]2CCN(C(=O)OC(C)(C)C)C2)c(C2CCC(C(F)(F)F)CC2)c1. The van der Waals surface area contributed by atoms with E-state index in [0.29, 0.717) is 49.2 Å². The third-order valence-corrected chi connectivity index (χ3v) is 6.15. The lowest BCUT2D eigenvalue weighted by Crippen LogP contribution is -2.36. The lowest BCUT2D eigenvalue weighted by molar-refractivity contribution is -0.182. The molecule has 2 fully saturated rings. The van der Waals surface area contributed by atoms with Crippen molar-refractivity contribution in [1.82, 2.24) is 4.90 Å². The highest BCUT2D eigenvalue weighted by Crippen LogP contribution is 2.45. The van der Waals surface area contributed by atoms with Gasteiger partial charge in [-0.3, -0.25) is 0 Å². The maximum Gasteiger partial charge on any atom is 0.410 e. The second-order valence-corrected chi connectivity index (χ2v) is 9.79. The summed E-state index contributed by atoms with van der Waals surface area (Å²) in [7, 11) is 1.28. The molecule has 0 radical (unpaired) electrons. The number of esters is 1. The maximum atomic E-state index is 13.1. The largest absolute Gasteiger partial charge is 0.488 e. The molecule has 1 saturated heterocycles. The Morgan fingerprint density at radius 2 is 1.70 bits per heavy atom. The van der Waals surface area contributed by atoms with Gasteiger partial charge in [-0.2, -0.15) is 13.2 Å². The van der Waals surface area contributed by atoms with Crippen molar-refractivity contribution < 1.29 is 37.0 Å². The Morgan fingerprint density at radius 1 is 1.03 bits per heavy atom. The van der Waals surface area contributed by atoms with Crippen molar-refractivity contribution in [2.24, 2.45) is 5.92 Å². The van der Waals surface area contributed by atoms with E-state index in [4.69, 9.17) is 14.2 Å². The fourth-order valence-electron chi connectivity index (χ4n) is 4.45. The molecule has 1 amide bonds. The van der Waals surface area contributed by atoms with Crippen LogP contribution in [-0.4, -0.2) is 55.0 Å². The Hall–Kier alpha value is -2.45. The van der Waals surface area contributed by atoms with E-state index in [9.17, 15) is 22.8 Å².